The second-order valence-corrected chi connectivity index (χ2v) is 6.75. The topological polar surface area (TPSA) is 0 Å². The first-order valence-electron chi connectivity index (χ1n) is 7.34. The summed E-state index contributed by atoms with van der Waals surface area (Å²) in [6.07, 6.45) is 0. The summed E-state index contributed by atoms with van der Waals surface area (Å²) in [6, 6.07) is 10.7. The number of rotatable bonds is 0. The molecule has 3 aromatic rings. The summed E-state index contributed by atoms with van der Waals surface area (Å²) in [5.74, 6) is 0. The molecular weight excluding hydrogens is 665 g/mol. The molecule has 0 nitrogen and oxygen atoms in total. The van der Waals surface area contributed by atoms with Crippen molar-refractivity contribution in [2.45, 2.75) is 41.5 Å². The SMILES string of the molecule is Cc1c(C)c(C)[c-](C)c1C.Cc1cc2c(Br)cccc2[cH-]1.[I-].[I-].[Zr+4]. The first-order valence-corrected chi connectivity index (χ1v) is 8.13. The fourth-order valence-electron chi connectivity index (χ4n) is 2.75. The van der Waals surface area contributed by atoms with Gasteiger partial charge in [0.2, 0.25) is 0 Å². The molecule has 0 spiro atoms. The maximum Gasteiger partial charge on any atom is 4.00 e. The molecule has 4 heteroatoms. The molecule has 0 aliphatic heterocycles. The molecule has 128 valence electrons. The molecule has 0 bridgehead atoms. The third-order valence-corrected chi connectivity index (χ3v) is 5.35. The maximum absolute atomic E-state index is 3.51. The molecule has 0 amide bonds. The summed E-state index contributed by atoms with van der Waals surface area (Å²) in [7, 11) is 0. The van der Waals surface area contributed by atoms with Crippen LogP contribution in [-0.4, -0.2) is 0 Å². The molecule has 0 aliphatic carbocycles. The van der Waals surface area contributed by atoms with Gasteiger partial charge in [0, 0.05) is 0 Å². The summed E-state index contributed by atoms with van der Waals surface area (Å²) in [6.45, 7) is 13.1. The zero-order valence-electron chi connectivity index (χ0n) is 15.0. The van der Waals surface area contributed by atoms with Gasteiger partial charge in [0.15, 0.2) is 0 Å². The van der Waals surface area contributed by atoms with Gasteiger partial charge in [0.1, 0.15) is 0 Å². The standard InChI is InChI=1S/C10H8Br.C10H15.2HI.Zr/c1-7-5-8-3-2-4-10(11)9(8)6-7;1-6-7(2)9(4)10(5)8(6)3;;;/h2-6H,1H3;1-5H3;2*1H;/q2*-1;;;+4/p-2. The van der Waals surface area contributed by atoms with E-state index in [1.165, 1.54) is 48.6 Å². The Morgan fingerprint density at radius 3 is 1.79 bits per heavy atom. The second-order valence-electron chi connectivity index (χ2n) is 5.90. The number of hydrogen-bond donors (Lipinski definition) is 0. The van der Waals surface area contributed by atoms with Crippen LogP contribution in [0, 0.1) is 41.5 Å². The summed E-state index contributed by atoms with van der Waals surface area (Å²) in [5.41, 5.74) is 8.66. The number of benzene rings is 1. The molecule has 3 rings (SSSR count). The predicted octanol–water partition coefficient (Wildman–Crippen LogP) is 0.583. The van der Waals surface area contributed by atoms with Crippen molar-refractivity contribution < 1.29 is 74.2 Å². The van der Waals surface area contributed by atoms with Crippen molar-refractivity contribution in [3.63, 3.8) is 0 Å². The van der Waals surface area contributed by atoms with Gasteiger partial charge in [-0.3, -0.25) is 0 Å². The van der Waals surface area contributed by atoms with Gasteiger partial charge in [0.25, 0.3) is 0 Å². The van der Waals surface area contributed by atoms with E-state index in [-0.39, 0.29) is 74.2 Å². The second kappa shape index (κ2) is 11.7. The normalized spacial score (nSPS) is 9.29. The van der Waals surface area contributed by atoms with E-state index >= 15 is 0 Å². The summed E-state index contributed by atoms with van der Waals surface area (Å²) in [4.78, 5) is 0. The van der Waals surface area contributed by atoms with Gasteiger partial charge in [-0.05, 0) is 4.47 Å². The molecule has 0 radical (unpaired) electrons. The summed E-state index contributed by atoms with van der Waals surface area (Å²) >= 11 is 3.51. The minimum absolute atomic E-state index is 0. The maximum atomic E-state index is 3.51. The van der Waals surface area contributed by atoms with Crippen LogP contribution in [0.1, 0.15) is 33.4 Å². The number of hydrogen-bond acceptors (Lipinski definition) is 0. The third-order valence-electron chi connectivity index (χ3n) is 4.65. The molecule has 0 N–H and O–H groups in total. The number of fused-ring (bicyclic) bond motifs is 1. The number of aryl methyl sites for hydroxylation is 1. The molecule has 0 saturated heterocycles. The molecule has 0 unspecified atom stereocenters. The van der Waals surface area contributed by atoms with Gasteiger partial charge in [-0.2, -0.15) is 33.9 Å². The van der Waals surface area contributed by atoms with Crippen LogP contribution >= 0.6 is 15.9 Å². The Morgan fingerprint density at radius 1 is 0.917 bits per heavy atom. The van der Waals surface area contributed by atoms with Crippen molar-refractivity contribution in [3.05, 3.63) is 68.2 Å². The Bertz CT molecular complexity index is 704. The predicted molar refractivity (Wildman–Crippen MR) is 97.7 cm³/mol. The van der Waals surface area contributed by atoms with Crippen LogP contribution < -0.4 is 48.0 Å². The molecular formula is C20H23BrI2Zr. The Kier molecular flexibility index (Phi) is 13.2. The van der Waals surface area contributed by atoms with Gasteiger partial charge in [-0.25, -0.2) is 0 Å². The molecule has 0 aromatic heterocycles. The van der Waals surface area contributed by atoms with Crippen molar-refractivity contribution >= 4 is 26.7 Å². The van der Waals surface area contributed by atoms with E-state index in [1.807, 2.05) is 0 Å². The van der Waals surface area contributed by atoms with E-state index in [2.05, 4.69) is 87.8 Å². The van der Waals surface area contributed by atoms with Gasteiger partial charge < -0.3 is 48.0 Å². The average Bonchev–Trinajstić information content (AvgIpc) is 2.91. The fourth-order valence-corrected chi connectivity index (χ4v) is 3.25. The molecule has 0 heterocycles. The van der Waals surface area contributed by atoms with E-state index in [0.717, 1.165) is 0 Å². The van der Waals surface area contributed by atoms with Crippen LogP contribution in [0.15, 0.2) is 34.8 Å². The van der Waals surface area contributed by atoms with Crippen LogP contribution in [0.3, 0.4) is 0 Å². The minimum atomic E-state index is 0. The Balaban J connectivity index is 0. The third kappa shape index (κ3) is 6.02. The summed E-state index contributed by atoms with van der Waals surface area (Å²) in [5, 5.41) is 2.63. The average molecular weight is 688 g/mol. The largest absolute Gasteiger partial charge is 4.00 e. The Labute approximate surface area is 208 Å². The molecule has 0 fully saturated rings. The zero-order valence-corrected chi connectivity index (χ0v) is 23.4. The van der Waals surface area contributed by atoms with Crippen LogP contribution in [0.25, 0.3) is 10.8 Å². The Morgan fingerprint density at radius 2 is 1.42 bits per heavy atom. The Hall–Kier alpha value is 1.00. The van der Waals surface area contributed by atoms with Crippen molar-refractivity contribution in [1.82, 2.24) is 0 Å². The summed E-state index contributed by atoms with van der Waals surface area (Å²) < 4.78 is 1.18. The van der Waals surface area contributed by atoms with Gasteiger partial charge in [0.05, 0.1) is 0 Å². The molecule has 0 atom stereocenters. The first-order chi connectivity index (χ1) is 9.82. The van der Waals surface area contributed by atoms with Gasteiger partial charge in [-0.1, -0.05) is 63.5 Å². The van der Waals surface area contributed by atoms with E-state index in [0.29, 0.717) is 0 Å². The first kappa shape index (κ1) is 27.2. The fraction of sp³-hybridized carbons (Fsp3) is 0.300. The monoisotopic (exact) mass is 686 g/mol. The molecule has 0 saturated carbocycles. The quantitative estimate of drug-likeness (QED) is 0.240. The molecule has 24 heavy (non-hydrogen) atoms. The van der Waals surface area contributed by atoms with E-state index in [4.69, 9.17) is 0 Å². The van der Waals surface area contributed by atoms with Gasteiger partial charge in [-0.15, -0.1) is 34.5 Å². The van der Waals surface area contributed by atoms with Crippen LogP contribution in [0.5, 0.6) is 0 Å². The molecule has 0 aliphatic rings. The van der Waals surface area contributed by atoms with Crippen molar-refractivity contribution in [2.75, 3.05) is 0 Å². The van der Waals surface area contributed by atoms with Crippen molar-refractivity contribution in [2.24, 2.45) is 0 Å². The number of halogens is 3. The van der Waals surface area contributed by atoms with Crippen molar-refractivity contribution in [3.8, 4) is 0 Å². The molecule has 3 aromatic carbocycles. The smallest absolute Gasteiger partial charge is 1.00 e. The van der Waals surface area contributed by atoms with Crippen LogP contribution in [0.4, 0.5) is 0 Å². The zero-order chi connectivity index (χ0) is 15.7. The van der Waals surface area contributed by atoms with E-state index < -0.39 is 0 Å². The van der Waals surface area contributed by atoms with Crippen LogP contribution in [-0.2, 0) is 26.2 Å². The van der Waals surface area contributed by atoms with Crippen molar-refractivity contribution in [1.29, 1.82) is 0 Å². The van der Waals surface area contributed by atoms with Crippen LogP contribution in [0.2, 0.25) is 0 Å². The van der Waals surface area contributed by atoms with E-state index in [9.17, 15) is 0 Å². The van der Waals surface area contributed by atoms with E-state index in [1.54, 1.807) is 0 Å². The van der Waals surface area contributed by atoms with Gasteiger partial charge >= 0.3 is 26.2 Å². The minimum Gasteiger partial charge on any atom is -1.00 e.